The zero-order valence-electron chi connectivity index (χ0n) is 13.9. The molecule has 2 aromatic rings. The van der Waals surface area contributed by atoms with Gasteiger partial charge in [0.25, 0.3) is 5.91 Å². The smallest absolute Gasteiger partial charge is 0.254 e. The third kappa shape index (κ3) is 4.29. The lowest BCUT2D eigenvalue weighted by Gasteiger charge is -2.21. The summed E-state index contributed by atoms with van der Waals surface area (Å²) in [7, 11) is 0. The summed E-state index contributed by atoms with van der Waals surface area (Å²) in [4.78, 5) is 18.9. The zero-order chi connectivity index (χ0) is 16.8. The number of thioether (sulfide) groups is 1. The molecule has 5 heteroatoms. The fourth-order valence-corrected chi connectivity index (χ4v) is 3.79. The molecule has 1 aromatic heterocycles. The van der Waals surface area contributed by atoms with E-state index in [2.05, 4.69) is 4.98 Å². The summed E-state index contributed by atoms with van der Waals surface area (Å²) < 4.78 is 5.90. The van der Waals surface area contributed by atoms with Crippen LogP contribution in [0, 0.1) is 0 Å². The molecule has 126 valence electrons. The number of pyridine rings is 1. The summed E-state index contributed by atoms with van der Waals surface area (Å²) in [5.41, 5.74) is 1.75. The molecule has 0 aliphatic carbocycles. The van der Waals surface area contributed by atoms with Crippen LogP contribution in [0.1, 0.15) is 29.3 Å². The minimum absolute atomic E-state index is 0.00870. The molecule has 0 radical (unpaired) electrons. The first-order valence-electron chi connectivity index (χ1n) is 8.30. The molecular weight excluding hydrogens is 320 g/mol. The van der Waals surface area contributed by atoms with Gasteiger partial charge < -0.3 is 9.64 Å². The van der Waals surface area contributed by atoms with Gasteiger partial charge in [0, 0.05) is 36.7 Å². The summed E-state index contributed by atoms with van der Waals surface area (Å²) in [5.74, 6) is 2.68. The highest BCUT2D eigenvalue weighted by Gasteiger charge is 2.19. The molecule has 1 unspecified atom stereocenters. The van der Waals surface area contributed by atoms with Crippen LogP contribution in [-0.2, 0) is 6.54 Å². The average Bonchev–Trinajstić information content (AvgIpc) is 3.13. The predicted octanol–water partition coefficient (Wildman–Crippen LogP) is 3.63. The molecule has 0 bridgehead atoms. The van der Waals surface area contributed by atoms with Gasteiger partial charge in [-0.25, -0.2) is 4.98 Å². The minimum Gasteiger partial charge on any atom is -0.473 e. The van der Waals surface area contributed by atoms with Crippen molar-refractivity contribution in [3.63, 3.8) is 0 Å². The van der Waals surface area contributed by atoms with Gasteiger partial charge in [-0.15, -0.1) is 0 Å². The summed E-state index contributed by atoms with van der Waals surface area (Å²) in [6.07, 6.45) is 2.90. The Bertz CT molecular complexity index is 672. The van der Waals surface area contributed by atoms with Crippen molar-refractivity contribution < 1.29 is 9.53 Å². The maximum Gasteiger partial charge on any atom is 0.254 e. The lowest BCUT2D eigenvalue weighted by Crippen LogP contribution is -2.30. The van der Waals surface area contributed by atoms with Crippen LogP contribution >= 0.6 is 11.8 Å². The molecule has 1 amide bonds. The SMILES string of the molecule is CCN(Cc1ccccc1)C(=O)c1ccnc(OC2CCSC2)c1. The lowest BCUT2D eigenvalue weighted by molar-refractivity contribution is 0.0751. The van der Waals surface area contributed by atoms with Crippen LogP contribution in [0.4, 0.5) is 0 Å². The third-order valence-corrected chi connectivity index (χ3v) is 5.17. The molecule has 1 saturated heterocycles. The van der Waals surface area contributed by atoms with E-state index in [1.165, 1.54) is 0 Å². The standard InChI is InChI=1S/C19H22N2O2S/c1-2-21(13-15-6-4-3-5-7-15)19(22)16-8-10-20-18(12-16)23-17-9-11-24-14-17/h3-8,10,12,17H,2,9,11,13-14H2,1H3. The van der Waals surface area contributed by atoms with Gasteiger partial charge in [-0.2, -0.15) is 11.8 Å². The minimum atomic E-state index is 0.00870. The van der Waals surface area contributed by atoms with Crippen LogP contribution in [0.15, 0.2) is 48.7 Å². The molecule has 24 heavy (non-hydrogen) atoms. The Morgan fingerprint density at radius 2 is 2.17 bits per heavy atom. The Morgan fingerprint density at radius 3 is 2.88 bits per heavy atom. The van der Waals surface area contributed by atoms with Crippen LogP contribution in [0.3, 0.4) is 0 Å². The van der Waals surface area contributed by atoms with Crippen molar-refractivity contribution >= 4 is 17.7 Å². The van der Waals surface area contributed by atoms with Crippen molar-refractivity contribution in [1.82, 2.24) is 9.88 Å². The lowest BCUT2D eigenvalue weighted by atomic mass is 10.2. The van der Waals surface area contributed by atoms with E-state index < -0.39 is 0 Å². The molecule has 0 spiro atoms. The van der Waals surface area contributed by atoms with Crippen molar-refractivity contribution in [1.29, 1.82) is 0 Å². The first kappa shape index (κ1) is 16.8. The molecule has 0 N–H and O–H groups in total. The molecular formula is C19H22N2O2S. The van der Waals surface area contributed by atoms with Crippen LogP contribution < -0.4 is 4.74 Å². The van der Waals surface area contributed by atoms with E-state index in [9.17, 15) is 4.79 Å². The second-order valence-corrected chi connectivity index (χ2v) is 6.94. The molecule has 1 fully saturated rings. The van der Waals surface area contributed by atoms with Gasteiger partial charge in [-0.05, 0) is 30.7 Å². The highest BCUT2D eigenvalue weighted by Crippen LogP contribution is 2.22. The normalized spacial score (nSPS) is 16.8. The molecule has 1 aliphatic rings. The highest BCUT2D eigenvalue weighted by atomic mass is 32.2. The number of hydrogen-bond acceptors (Lipinski definition) is 4. The van der Waals surface area contributed by atoms with E-state index >= 15 is 0 Å². The third-order valence-electron chi connectivity index (χ3n) is 4.04. The number of rotatable bonds is 6. The second-order valence-electron chi connectivity index (χ2n) is 5.79. The van der Waals surface area contributed by atoms with Crippen LogP contribution in [-0.4, -0.2) is 39.9 Å². The highest BCUT2D eigenvalue weighted by molar-refractivity contribution is 7.99. The Balaban J connectivity index is 1.70. The van der Waals surface area contributed by atoms with Crippen molar-refractivity contribution in [3.05, 3.63) is 59.8 Å². The van der Waals surface area contributed by atoms with Gasteiger partial charge in [-0.3, -0.25) is 4.79 Å². The van der Waals surface area contributed by atoms with E-state index in [1.54, 1.807) is 18.3 Å². The molecule has 4 nitrogen and oxygen atoms in total. The monoisotopic (exact) mass is 342 g/mol. The topological polar surface area (TPSA) is 42.4 Å². The number of carbonyl (C=O) groups is 1. The quantitative estimate of drug-likeness (QED) is 0.804. The van der Waals surface area contributed by atoms with Crippen molar-refractivity contribution in [2.24, 2.45) is 0 Å². The molecule has 1 aromatic carbocycles. The van der Waals surface area contributed by atoms with Crippen molar-refractivity contribution in [3.8, 4) is 5.88 Å². The number of benzene rings is 1. The molecule has 0 saturated carbocycles. The van der Waals surface area contributed by atoms with E-state index in [0.717, 1.165) is 23.5 Å². The first-order valence-corrected chi connectivity index (χ1v) is 9.45. The first-order chi connectivity index (χ1) is 11.8. The Morgan fingerprint density at radius 1 is 1.33 bits per heavy atom. The zero-order valence-corrected chi connectivity index (χ0v) is 14.7. The van der Waals surface area contributed by atoms with Crippen LogP contribution in [0.2, 0.25) is 0 Å². The maximum absolute atomic E-state index is 12.8. The largest absolute Gasteiger partial charge is 0.473 e. The molecule has 3 rings (SSSR count). The maximum atomic E-state index is 12.8. The van der Waals surface area contributed by atoms with E-state index in [-0.39, 0.29) is 12.0 Å². The van der Waals surface area contributed by atoms with Gasteiger partial charge in [0.2, 0.25) is 5.88 Å². The molecule has 2 heterocycles. The van der Waals surface area contributed by atoms with Gasteiger partial charge in [0.15, 0.2) is 0 Å². The van der Waals surface area contributed by atoms with Gasteiger partial charge in [-0.1, -0.05) is 30.3 Å². The fraction of sp³-hybridized carbons (Fsp3) is 0.368. The van der Waals surface area contributed by atoms with E-state index in [0.29, 0.717) is 24.5 Å². The van der Waals surface area contributed by atoms with E-state index in [1.807, 2.05) is 53.9 Å². The summed E-state index contributed by atoms with van der Waals surface area (Å²) in [5, 5.41) is 0. The van der Waals surface area contributed by atoms with Crippen molar-refractivity contribution in [2.45, 2.75) is 26.0 Å². The Kier molecular flexibility index (Phi) is 5.75. The van der Waals surface area contributed by atoms with Crippen LogP contribution in [0.25, 0.3) is 0 Å². The molecule has 1 aliphatic heterocycles. The average molecular weight is 342 g/mol. The van der Waals surface area contributed by atoms with Crippen molar-refractivity contribution in [2.75, 3.05) is 18.1 Å². The number of hydrogen-bond donors (Lipinski definition) is 0. The Hall–Kier alpha value is -2.01. The van der Waals surface area contributed by atoms with Gasteiger partial charge in [0.1, 0.15) is 6.10 Å². The number of aromatic nitrogens is 1. The number of amides is 1. The number of carbonyl (C=O) groups excluding carboxylic acids is 1. The Labute approximate surface area is 147 Å². The van der Waals surface area contributed by atoms with Gasteiger partial charge in [0.05, 0.1) is 0 Å². The predicted molar refractivity (Wildman–Crippen MR) is 97.5 cm³/mol. The van der Waals surface area contributed by atoms with Gasteiger partial charge >= 0.3 is 0 Å². The summed E-state index contributed by atoms with van der Waals surface area (Å²) >= 11 is 1.89. The summed E-state index contributed by atoms with van der Waals surface area (Å²) in [6.45, 7) is 3.26. The number of nitrogens with zero attached hydrogens (tertiary/aromatic N) is 2. The van der Waals surface area contributed by atoms with Crippen LogP contribution in [0.5, 0.6) is 5.88 Å². The number of ether oxygens (including phenoxy) is 1. The molecule has 1 atom stereocenters. The van der Waals surface area contributed by atoms with E-state index in [4.69, 9.17) is 4.74 Å². The summed E-state index contributed by atoms with van der Waals surface area (Å²) in [6, 6.07) is 13.6. The fourth-order valence-electron chi connectivity index (χ4n) is 2.70. The second kappa shape index (κ2) is 8.20.